The van der Waals surface area contributed by atoms with Crippen molar-refractivity contribution in [1.82, 2.24) is 29.1 Å². The third kappa shape index (κ3) is 5.33. The molecular formula is C22H24BN7O10P2S-. The fraction of sp³-hybridized carbons (Fsp3) is 0.455. The number of benzene rings is 1. The van der Waals surface area contributed by atoms with Crippen LogP contribution in [0.15, 0.2) is 43.2 Å². The Morgan fingerprint density at radius 1 is 0.930 bits per heavy atom. The van der Waals surface area contributed by atoms with E-state index in [-0.39, 0.29) is 17.0 Å². The minimum absolute atomic E-state index is 0.105. The molecular weight excluding hydrogens is 627 g/mol. The summed E-state index contributed by atoms with van der Waals surface area (Å²) < 4.78 is 50.8. The molecule has 4 unspecified atom stereocenters. The van der Waals surface area contributed by atoms with E-state index >= 15 is 0 Å². The molecule has 21 heteroatoms. The Balaban J connectivity index is 1.20. The Morgan fingerprint density at radius 2 is 1.67 bits per heavy atom. The minimum atomic E-state index is -4.42. The van der Waals surface area contributed by atoms with Crippen molar-refractivity contribution in [2.75, 3.05) is 18.9 Å². The molecule has 0 aliphatic carbocycles. The smallest absolute Gasteiger partial charge is 0.325 e. The molecule has 0 saturated carbocycles. The maximum absolute atomic E-state index is 13.3. The number of hydrogen-bond donors (Lipinski definition) is 4. The monoisotopic (exact) mass is 651 g/mol. The largest absolute Gasteiger partial charge is 0.444 e. The average Bonchev–Trinajstić information content (AvgIpc) is 3.72. The van der Waals surface area contributed by atoms with Crippen LogP contribution in [0.2, 0.25) is 0 Å². The molecule has 1 aromatic carbocycles. The summed E-state index contributed by atoms with van der Waals surface area (Å²) in [5, 5.41) is 22.4. The van der Waals surface area contributed by atoms with E-state index in [1.807, 2.05) is 6.07 Å². The highest BCUT2D eigenvalue weighted by Crippen LogP contribution is 2.53. The number of imidazole rings is 2. The number of hydrogen-bond acceptors (Lipinski definition) is 15. The number of para-hydroxylation sites is 2. The van der Waals surface area contributed by atoms with Crippen molar-refractivity contribution >= 4 is 61.6 Å². The zero-order valence-corrected chi connectivity index (χ0v) is 24.5. The second-order valence-corrected chi connectivity index (χ2v) is 14.4. The summed E-state index contributed by atoms with van der Waals surface area (Å²) in [6, 6.07) is 7.17. The first-order chi connectivity index (χ1) is 20.5. The van der Waals surface area contributed by atoms with Crippen LogP contribution in [0.25, 0.3) is 22.2 Å². The van der Waals surface area contributed by atoms with Crippen LogP contribution in [0.4, 0.5) is 5.82 Å². The van der Waals surface area contributed by atoms with Gasteiger partial charge >= 0.3 is 6.72 Å². The van der Waals surface area contributed by atoms with Crippen molar-refractivity contribution in [3.8, 4) is 0 Å². The number of anilines is 1. The third-order valence-electron chi connectivity index (χ3n) is 7.38. The van der Waals surface area contributed by atoms with Gasteiger partial charge in [0, 0.05) is 0 Å². The molecule has 3 fully saturated rings. The lowest BCUT2D eigenvalue weighted by Gasteiger charge is -2.33. The van der Waals surface area contributed by atoms with Crippen molar-refractivity contribution in [2.24, 2.45) is 0 Å². The SMILES string of the molecule is [B-]P1(=O)OC[C@H]2O[C@@H](n3cnc4c(N)ncnc43)[C@@H](OP(O)(=S)OC[C@H]3O[C@@H](n4cnc5ccccc54)C(O)[C@H]3O1)C2O. The maximum Gasteiger partial charge on any atom is 0.325 e. The van der Waals surface area contributed by atoms with E-state index in [0.29, 0.717) is 11.0 Å². The number of aromatic nitrogens is 6. The van der Waals surface area contributed by atoms with E-state index in [0.717, 1.165) is 0 Å². The fourth-order valence-electron chi connectivity index (χ4n) is 5.37. The van der Waals surface area contributed by atoms with Gasteiger partial charge in [-0.25, -0.2) is 19.9 Å². The van der Waals surface area contributed by atoms with Gasteiger partial charge in [-0.05, 0) is 23.9 Å². The van der Waals surface area contributed by atoms with Crippen LogP contribution in [0.3, 0.4) is 0 Å². The molecule has 17 nitrogen and oxygen atoms in total. The zero-order chi connectivity index (χ0) is 30.1. The molecule has 6 heterocycles. The van der Waals surface area contributed by atoms with Crippen LogP contribution in [0.1, 0.15) is 12.5 Å². The number of nitrogen functional groups attached to an aromatic ring is 1. The van der Waals surface area contributed by atoms with E-state index < -0.39 is 76.5 Å². The first-order valence-electron chi connectivity index (χ1n) is 12.9. The lowest BCUT2D eigenvalue weighted by molar-refractivity contribution is -0.0594. The third-order valence-corrected chi connectivity index (χ3v) is 9.99. The predicted molar refractivity (Wildman–Crippen MR) is 151 cm³/mol. The Bertz CT molecular complexity index is 1780. The molecule has 10 atom stereocenters. The second kappa shape index (κ2) is 10.9. The normalized spacial score (nSPS) is 38.9. The molecule has 227 valence electrons. The lowest BCUT2D eigenvalue weighted by Crippen LogP contribution is -2.36. The van der Waals surface area contributed by atoms with Gasteiger partial charge in [0.2, 0.25) is 0 Å². The molecule has 3 saturated heterocycles. The van der Waals surface area contributed by atoms with E-state index in [1.54, 1.807) is 22.8 Å². The van der Waals surface area contributed by atoms with Gasteiger partial charge in [0.05, 0.1) is 44.4 Å². The summed E-state index contributed by atoms with van der Waals surface area (Å²) >= 11 is 5.28. The van der Waals surface area contributed by atoms with Crippen LogP contribution in [0.5, 0.6) is 0 Å². The van der Waals surface area contributed by atoms with Crippen molar-refractivity contribution in [2.45, 2.75) is 49.1 Å². The number of fused-ring (bicyclic) bond motifs is 5. The Labute approximate surface area is 249 Å². The van der Waals surface area contributed by atoms with E-state index in [2.05, 4.69) is 19.9 Å². The van der Waals surface area contributed by atoms with Gasteiger partial charge in [0.25, 0.3) is 0 Å². The van der Waals surface area contributed by atoms with Crippen LogP contribution < -0.4 is 5.73 Å². The predicted octanol–water partition coefficient (Wildman–Crippen LogP) is 0.286. The molecule has 3 radical (unpaired) electrons. The van der Waals surface area contributed by atoms with Crippen LogP contribution in [0, 0.1) is 0 Å². The summed E-state index contributed by atoms with van der Waals surface area (Å²) in [7, 11) is 1.51. The summed E-state index contributed by atoms with van der Waals surface area (Å²) in [5.74, 6) is 0.105. The number of aliphatic hydroxyl groups is 2. The number of rotatable bonds is 2. The number of aliphatic hydroxyl groups excluding tert-OH is 2. The Morgan fingerprint density at radius 3 is 2.51 bits per heavy atom. The van der Waals surface area contributed by atoms with Gasteiger partial charge in [-0.3, -0.25) is 9.09 Å². The van der Waals surface area contributed by atoms with Crippen LogP contribution in [-0.2, 0) is 43.9 Å². The van der Waals surface area contributed by atoms with Crippen molar-refractivity contribution in [1.29, 1.82) is 0 Å². The van der Waals surface area contributed by atoms with E-state index in [9.17, 15) is 19.7 Å². The summed E-state index contributed by atoms with van der Waals surface area (Å²) in [5.41, 5.74) is 7.71. The number of nitrogens with zero attached hydrogens (tertiary/aromatic N) is 6. The van der Waals surface area contributed by atoms with Crippen molar-refractivity contribution in [3.05, 3.63) is 43.2 Å². The topological polar surface area (TPSA) is 221 Å². The Hall–Kier alpha value is -2.38. The highest BCUT2D eigenvalue weighted by Gasteiger charge is 2.51. The number of nitrogens with two attached hydrogens (primary N) is 1. The molecule has 3 aliphatic heterocycles. The summed E-state index contributed by atoms with van der Waals surface area (Å²) in [4.78, 5) is 27.7. The van der Waals surface area contributed by atoms with Crippen molar-refractivity contribution in [3.63, 3.8) is 0 Å². The Kier molecular flexibility index (Phi) is 7.44. The zero-order valence-electron chi connectivity index (χ0n) is 21.9. The first-order valence-corrected chi connectivity index (χ1v) is 17.1. The quantitative estimate of drug-likeness (QED) is 0.169. The van der Waals surface area contributed by atoms with Crippen LogP contribution >= 0.6 is 14.2 Å². The summed E-state index contributed by atoms with van der Waals surface area (Å²) in [6.45, 7) is -5.15. The van der Waals surface area contributed by atoms with E-state index in [1.165, 1.54) is 23.5 Å². The lowest BCUT2D eigenvalue weighted by atomic mass is 10.1. The second-order valence-electron chi connectivity index (χ2n) is 10.1. The molecule has 3 aliphatic rings. The molecule has 2 bridgehead atoms. The molecule has 3 aromatic heterocycles. The highest BCUT2D eigenvalue weighted by atomic mass is 32.5. The number of ether oxygens (including phenoxy) is 2. The summed E-state index contributed by atoms with van der Waals surface area (Å²) in [6.07, 6.45) is -6.15. The van der Waals surface area contributed by atoms with Gasteiger partial charge in [-0.15, -0.1) is 0 Å². The van der Waals surface area contributed by atoms with Crippen molar-refractivity contribution < 1.29 is 47.2 Å². The molecule has 5 N–H and O–H groups in total. The molecule has 0 amide bonds. The van der Waals surface area contributed by atoms with E-state index in [4.69, 9.17) is 52.7 Å². The molecule has 4 aromatic rings. The van der Waals surface area contributed by atoms with Gasteiger partial charge in [-0.2, -0.15) is 0 Å². The van der Waals surface area contributed by atoms with Gasteiger partial charge in [-0.1, -0.05) is 12.1 Å². The fourth-order valence-corrected chi connectivity index (χ4v) is 7.80. The van der Waals surface area contributed by atoms with Gasteiger partial charge in [0.15, 0.2) is 23.9 Å². The average molecular weight is 651 g/mol. The first kappa shape index (κ1) is 29.3. The molecule has 7 rings (SSSR count). The standard InChI is InChI=1S/C22H24BN7O10P2S/c23-41(33)35-5-12-15(31)18(22(37-12)30-9-28-14-19(24)25-7-26-20(14)30)40-42(34,43)36-6-13-17(39-41)16(32)21(38-13)29-8-27-10-3-1-2-4-11(10)29/h1-4,7-9,12-13,15-18,21-22,31-32H,5-6H2,(H,34,43)(H2,24,25,26)/q-1/t12-,13-,15?,16?,17+,18+,21-,22-,41?,42?/m1/s1. The molecule has 0 spiro atoms. The van der Waals surface area contributed by atoms with Crippen LogP contribution in [-0.4, -0.2) is 102 Å². The highest BCUT2D eigenvalue weighted by molar-refractivity contribution is 8.07. The van der Waals surface area contributed by atoms with Gasteiger partial charge < -0.3 is 60.6 Å². The maximum atomic E-state index is 13.3. The minimum Gasteiger partial charge on any atom is -0.444 e. The molecule has 43 heavy (non-hydrogen) atoms. The van der Waals surface area contributed by atoms with Gasteiger partial charge in [0.1, 0.15) is 48.5 Å².